The van der Waals surface area contributed by atoms with Crippen LogP contribution in [0.1, 0.15) is 72.1 Å². The molecule has 27 heavy (non-hydrogen) atoms. The van der Waals surface area contributed by atoms with Crippen LogP contribution in [0, 0.1) is 28.1 Å². The summed E-state index contributed by atoms with van der Waals surface area (Å²) in [4.78, 5) is 24.0. The Hall–Kier alpha value is -1.36. The topological polar surface area (TPSA) is 83.8 Å². The van der Waals surface area contributed by atoms with Crippen molar-refractivity contribution in [3.05, 3.63) is 12.2 Å². The van der Waals surface area contributed by atoms with E-state index in [1.165, 1.54) is 6.92 Å². The van der Waals surface area contributed by atoms with E-state index < -0.39 is 33.9 Å². The molecule has 0 aromatic carbocycles. The van der Waals surface area contributed by atoms with Gasteiger partial charge in [-0.15, -0.1) is 0 Å². The summed E-state index contributed by atoms with van der Waals surface area (Å²) in [6, 6.07) is 0. The minimum Gasteiger partial charge on any atom is -0.481 e. The van der Waals surface area contributed by atoms with E-state index in [0.717, 1.165) is 37.7 Å². The molecule has 0 radical (unpaired) electrons. The molecule has 5 heteroatoms. The predicted molar refractivity (Wildman–Crippen MR) is 99.8 cm³/mol. The van der Waals surface area contributed by atoms with Gasteiger partial charge in [-0.3, -0.25) is 9.59 Å². The van der Waals surface area contributed by atoms with Crippen molar-refractivity contribution in [2.75, 3.05) is 0 Å². The summed E-state index contributed by atoms with van der Waals surface area (Å²) < 4.78 is 5.77. The fraction of sp³-hybridized carbons (Fsp3) is 0.818. The van der Waals surface area contributed by atoms with Crippen LogP contribution in [0.3, 0.4) is 0 Å². The average molecular weight is 376 g/mol. The first-order valence-corrected chi connectivity index (χ1v) is 10.3. The van der Waals surface area contributed by atoms with Crippen molar-refractivity contribution in [2.24, 2.45) is 28.1 Å². The number of aliphatic hydroxyl groups is 1. The van der Waals surface area contributed by atoms with Gasteiger partial charge < -0.3 is 14.9 Å². The number of aliphatic carboxylic acids is 1. The number of hydrogen-bond donors (Lipinski definition) is 2. The average Bonchev–Trinajstić information content (AvgIpc) is 2.80. The molecule has 0 aromatic heterocycles. The molecule has 150 valence electrons. The lowest BCUT2D eigenvalue weighted by molar-refractivity contribution is -0.278. The molecule has 0 amide bonds. The lowest BCUT2D eigenvalue weighted by atomic mass is 9.38. The maximum absolute atomic E-state index is 12.3. The highest BCUT2D eigenvalue weighted by Gasteiger charge is 2.75. The van der Waals surface area contributed by atoms with Crippen molar-refractivity contribution < 1.29 is 24.5 Å². The molecule has 4 aliphatic carbocycles. The second kappa shape index (κ2) is 5.59. The molecule has 2 N–H and O–H groups in total. The zero-order valence-electron chi connectivity index (χ0n) is 16.7. The van der Waals surface area contributed by atoms with Crippen LogP contribution in [0.4, 0.5) is 0 Å². The van der Waals surface area contributed by atoms with Gasteiger partial charge in [0.2, 0.25) is 0 Å². The van der Waals surface area contributed by atoms with Crippen molar-refractivity contribution in [3.8, 4) is 0 Å². The Bertz CT molecular complexity index is 715. The van der Waals surface area contributed by atoms with Gasteiger partial charge in [0.25, 0.3) is 0 Å². The monoisotopic (exact) mass is 376 g/mol. The van der Waals surface area contributed by atoms with Gasteiger partial charge >= 0.3 is 11.9 Å². The molecule has 1 spiro atoms. The summed E-state index contributed by atoms with van der Waals surface area (Å²) in [6.45, 7) is 9.63. The molecule has 4 rings (SSSR count). The highest BCUT2D eigenvalue weighted by molar-refractivity contribution is 5.75. The second-order valence-corrected chi connectivity index (χ2v) is 10.1. The summed E-state index contributed by atoms with van der Waals surface area (Å²) in [6.07, 6.45) is 5.54. The Kier molecular flexibility index (Phi) is 3.93. The first-order chi connectivity index (χ1) is 12.5. The quantitative estimate of drug-likeness (QED) is 0.567. The van der Waals surface area contributed by atoms with Gasteiger partial charge in [0.1, 0.15) is 6.10 Å². The summed E-state index contributed by atoms with van der Waals surface area (Å²) in [7, 11) is 0. The molecule has 4 fully saturated rings. The van der Waals surface area contributed by atoms with Crippen LogP contribution in [0.5, 0.6) is 0 Å². The Morgan fingerprint density at radius 3 is 2.48 bits per heavy atom. The molecular weight excluding hydrogens is 344 g/mol. The highest BCUT2D eigenvalue weighted by Crippen LogP contribution is 2.74. The summed E-state index contributed by atoms with van der Waals surface area (Å²) in [5, 5.41) is 22.3. The number of carboxylic acids is 1. The minimum absolute atomic E-state index is 0.0738. The number of hydrogen-bond acceptors (Lipinski definition) is 4. The second-order valence-electron chi connectivity index (χ2n) is 10.1. The van der Waals surface area contributed by atoms with Crippen molar-refractivity contribution in [1.82, 2.24) is 0 Å². The van der Waals surface area contributed by atoms with E-state index in [4.69, 9.17) is 4.74 Å². The van der Waals surface area contributed by atoms with E-state index >= 15 is 0 Å². The van der Waals surface area contributed by atoms with Crippen molar-refractivity contribution in [1.29, 1.82) is 0 Å². The molecule has 0 saturated heterocycles. The third-order valence-electron chi connectivity index (χ3n) is 9.18. The molecule has 2 bridgehead atoms. The van der Waals surface area contributed by atoms with Crippen LogP contribution in [0.2, 0.25) is 0 Å². The molecule has 7 unspecified atom stereocenters. The standard InChI is InChI=1S/C22H32O5/c1-13-15-6-11-22(26)20(4)9-5-8-19(3,18(24)25)16(20)7-10-21(22,12-15)17(13)27-14(2)23/h15-17,26H,1,5-12H2,2-4H3,(H,24,25). The van der Waals surface area contributed by atoms with E-state index in [-0.39, 0.29) is 17.8 Å². The van der Waals surface area contributed by atoms with E-state index in [0.29, 0.717) is 19.3 Å². The SMILES string of the molecule is C=C1C2CCC3(O)C4(C)CCCC(C)(C(=O)O)C4CCC3(C2)C1OC(C)=O. The van der Waals surface area contributed by atoms with Crippen LogP contribution in [-0.4, -0.2) is 33.9 Å². The number of carboxylic acid groups (broad SMARTS) is 1. The summed E-state index contributed by atoms with van der Waals surface area (Å²) in [5.41, 5.74) is -1.92. The van der Waals surface area contributed by atoms with Crippen molar-refractivity contribution >= 4 is 11.9 Å². The predicted octanol–water partition coefficient (Wildman–Crippen LogP) is 3.70. The van der Waals surface area contributed by atoms with Crippen LogP contribution in [0.15, 0.2) is 12.2 Å². The van der Waals surface area contributed by atoms with Crippen LogP contribution in [0.25, 0.3) is 0 Å². The first kappa shape index (κ1) is 19.0. The normalized spacial score (nSPS) is 51.3. The molecule has 0 aromatic rings. The Morgan fingerprint density at radius 2 is 1.85 bits per heavy atom. The third kappa shape index (κ3) is 2.10. The third-order valence-corrected chi connectivity index (χ3v) is 9.18. The lowest BCUT2D eigenvalue weighted by Crippen LogP contribution is -2.71. The maximum atomic E-state index is 12.3. The van der Waals surface area contributed by atoms with Gasteiger partial charge in [0.05, 0.1) is 11.0 Å². The molecule has 0 heterocycles. The molecule has 5 nitrogen and oxygen atoms in total. The molecule has 4 aliphatic rings. The van der Waals surface area contributed by atoms with E-state index in [2.05, 4.69) is 13.5 Å². The zero-order chi connectivity index (χ0) is 19.8. The fourth-order valence-electron chi connectivity index (χ4n) is 7.87. The van der Waals surface area contributed by atoms with Crippen LogP contribution < -0.4 is 0 Å². The van der Waals surface area contributed by atoms with E-state index in [9.17, 15) is 19.8 Å². The van der Waals surface area contributed by atoms with Gasteiger partial charge in [0, 0.05) is 17.8 Å². The van der Waals surface area contributed by atoms with Gasteiger partial charge in [-0.2, -0.15) is 0 Å². The fourth-order valence-corrected chi connectivity index (χ4v) is 7.87. The number of esters is 1. The first-order valence-electron chi connectivity index (χ1n) is 10.3. The van der Waals surface area contributed by atoms with E-state index in [1.54, 1.807) is 0 Å². The number of carbonyl (C=O) groups excluding carboxylic acids is 1. The summed E-state index contributed by atoms with van der Waals surface area (Å²) >= 11 is 0. The molecule has 0 aliphatic heterocycles. The number of rotatable bonds is 2. The Balaban J connectivity index is 1.84. The van der Waals surface area contributed by atoms with Crippen molar-refractivity contribution in [2.45, 2.75) is 83.8 Å². The molecule has 7 atom stereocenters. The van der Waals surface area contributed by atoms with Crippen LogP contribution >= 0.6 is 0 Å². The van der Waals surface area contributed by atoms with Gasteiger partial charge in [0.15, 0.2) is 0 Å². The van der Waals surface area contributed by atoms with Gasteiger partial charge in [-0.1, -0.05) is 19.9 Å². The largest absolute Gasteiger partial charge is 0.481 e. The Morgan fingerprint density at radius 1 is 1.15 bits per heavy atom. The maximum Gasteiger partial charge on any atom is 0.309 e. The van der Waals surface area contributed by atoms with Gasteiger partial charge in [-0.25, -0.2) is 0 Å². The van der Waals surface area contributed by atoms with Crippen molar-refractivity contribution in [3.63, 3.8) is 0 Å². The molecule has 4 saturated carbocycles. The van der Waals surface area contributed by atoms with E-state index in [1.807, 2.05) is 6.92 Å². The molecular formula is C22H32O5. The minimum atomic E-state index is -1.03. The van der Waals surface area contributed by atoms with Crippen LogP contribution in [-0.2, 0) is 14.3 Å². The number of carbonyl (C=O) groups is 2. The number of ether oxygens (including phenoxy) is 1. The zero-order valence-corrected chi connectivity index (χ0v) is 16.7. The summed E-state index contributed by atoms with van der Waals surface area (Å²) in [5.74, 6) is -0.879. The number of fused-ring (bicyclic) bond motifs is 3. The lowest BCUT2D eigenvalue weighted by Gasteiger charge is -2.68. The smallest absolute Gasteiger partial charge is 0.309 e. The van der Waals surface area contributed by atoms with Gasteiger partial charge in [-0.05, 0) is 69.3 Å². The highest BCUT2D eigenvalue weighted by atomic mass is 16.5. The Labute approximate surface area is 161 Å².